The second kappa shape index (κ2) is 5.49. The first-order chi connectivity index (χ1) is 9.02. The monoisotopic (exact) mass is 259 g/mol. The van der Waals surface area contributed by atoms with E-state index in [9.17, 15) is 0 Å². The van der Waals surface area contributed by atoms with Crippen LogP contribution in [0.5, 0.6) is 5.75 Å². The van der Waals surface area contributed by atoms with Crippen molar-refractivity contribution in [3.8, 4) is 5.75 Å². The Morgan fingerprint density at radius 1 is 1.16 bits per heavy atom. The van der Waals surface area contributed by atoms with Crippen LogP contribution in [-0.2, 0) is 18.6 Å². The van der Waals surface area contributed by atoms with Crippen LogP contribution in [0.25, 0.3) is 0 Å². The van der Waals surface area contributed by atoms with Crippen molar-refractivity contribution in [3.63, 3.8) is 0 Å². The Morgan fingerprint density at radius 3 is 2.58 bits per heavy atom. The van der Waals surface area contributed by atoms with E-state index in [0.29, 0.717) is 13.2 Å². The van der Waals surface area contributed by atoms with E-state index in [1.807, 2.05) is 24.3 Å². The Bertz CT molecular complexity index is 538. The molecule has 0 aliphatic carbocycles. The Hall–Kier alpha value is -1.74. The molecule has 0 atom stereocenters. The zero-order chi connectivity index (χ0) is 13.9. The van der Waals surface area contributed by atoms with E-state index in [0.717, 1.165) is 17.1 Å². The highest BCUT2D eigenvalue weighted by Gasteiger charge is 2.18. The standard InChI is InChI=1S/C16H21NO2/c1-16(2,3)13-6-4-5-7-14(13)19-11-15-12(10-17)8-9-18-15/h4-9H,10-11,17H2,1-3H3. The van der Waals surface area contributed by atoms with E-state index in [2.05, 4.69) is 26.8 Å². The summed E-state index contributed by atoms with van der Waals surface area (Å²) in [5, 5.41) is 0. The Kier molecular flexibility index (Phi) is 3.96. The summed E-state index contributed by atoms with van der Waals surface area (Å²) in [6.45, 7) is 7.40. The average molecular weight is 259 g/mol. The van der Waals surface area contributed by atoms with Gasteiger partial charge in [0.2, 0.25) is 0 Å². The topological polar surface area (TPSA) is 48.4 Å². The Balaban J connectivity index is 2.16. The van der Waals surface area contributed by atoms with Crippen molar-refractivity contribution in [1.29, 1.82) is 0 Å². The van der Waals surface area contributed by atoms with E-state index >= 15 is 0 Å². The zero-order valence-corrected chi connectivity index (χ0v) is 11.8. The van der Waals surface area contributed by atoms with E-state index in [-0.39, 0.29) is 5.41 Å². The smallest absolute Gasteiger partial charge is 0.146 e. The highest BCUT2D eigenvalue weighted by Crippen LogP contribution is 2.31. The molecule has 2 N–H and O–H groups in total. The number of para-hydroxylation sites is 1. The minimum Gasteiger partial charge on any atom is -0.485 e. The van der Waals surface area contributed by atoms with Gasteiger partial charge in [-0.15, -0.1) is 0 Å². The maximum atomic E-state index is 5.90. The molecule has 1 heterocycles. The van der Waals surface area contributed by atoms with Crippen LogP contribution < -0.4 is 10.5 Å². The van der Waals surface area contributed by atoms with Gasteiger partial charge in [0, 0.05) is 12.1 Å². The fraction of sp³-hybridized carbons (Fsp3) is 0.375. The van der Waals surface area contributed by atoms with Gasteiger partial charge in [-0.25, -0.2) is 0 Å². The molecule has 0 spiro atoms. The van der Waals surface area contributed by atoms with Gasteiger partial charge < -0.3 is 14.9 Å². The van der Waals surface area contributed by atoms with Crippen LogP contribution in [0.15, 0.2) is 41.0 Å². The van der Waals surface area contributed by atoms with Gasteiger partial charge in [-0.2, -0.15) is 0 Å². The number of furan rings is 1. The Labute approximate surface area is 114 Å². The molecule has 1 aromatic heterocycles. The molecule has 0 saturated heterocycles. The largest absolute Gasteiger partial charge is 0.485 e. The normalized spacial score (nSPS) is 11.6. The predicted molar refractivity (Wildman–Crippen MR) is 76.1 cm³/mol. The average Bonchev–Trinajstić information content (AvgIpc) is 2.83. The van der Waals surface area contributed by atoms with Crippen molar-refractivity contribution in [2.24, 2.45) is 5.73 Å². The van der Waals surface area contributed by atoms with Gasteiger partial charge in [-0.05, 0) is 23.1 Å². The van der Waals surface area contributed by atoms with Gasteiger partial charge in [0.05, 0.1) is 6.26 Å². The lowest BCUT2D eigenvalue weighted by Crippen LogP contribution is -2.13. The molecule has 3 nitrogen and oxygen atoms in total. The van der Waals surface area contributed by atoms with Crippen molar-refractivity contribution in [2.75, 3.05) is 0 Å². The first-order valence-electron chi connectivity index (χ1n) is 6.50. The van der Waals surface area contributed by atoms with Crippen molar-refractivity contribution in [1.82, 2.24) is 0 Å². The summed E-state index contributed by atoms with van der Waals surface area (Å²) in [7, 11) is 0. The van der Waals surface area contributed by atoms with Gasteiger partial charge in [-0.3, -0.25) is 0 Å². The van der Waals surface area contributed by atoms with Gasteiger partial charge in [0.25, 0.3) is 0 Å². The summed E-state index contributed by atoms with van der Waals surface area (Å²) in [5.41, 5.74) is 7.88. The van der Waals surface area contributed by atoms with Crippen LogP contribution in [0.4, 0.5) is 0 Å². The number of hydrogen-bond acceptors (Lipinski definition) is 3. The summed E-state index contributed by atoms with van der Waals surface area (Å²) < 4.78 is 11.3. The molecule has 0 bridgehead atoms. The summed E-state index contributed by atoms with van der Waals surface area (Å²) in [4.78, 5) is 0. The molecule has 0 saturated carbocycles. The minimum atomic E-state index is 0.0520. The van der Waals surface area contributed by atoms with Crippen molar-refractivity contribution in [2.45, 2.75) is 39.3 Å². The molecule has 102 valence electrons. The molecule has 0 amide bonds. The molecule has 0 radical (unpaired) electrons. The SMILES string of the molecule is CC(C)(C)c1ccccc1OCc1occc1CN. The molecule has 3 heteroatoms. The van der Waals surface area contributed by atoms with Gasteiger partial charge >= 0.3 is 0 Å². The highest BCUT2D eigenvalue weighted by atomic mass is 16.5. The maximum Gasteiger partial charge on any atom is 0.146 e. The molecule has 1 aromatic carbocycles. The van der Waals surface area contributed by atoms with Crippen molar-refractivity contribution >= 4 is 0 Å². The van der Waals surface area contributed by atoms with Crippen LogP contribution in [0.2, 0.25) is 0 Å². The number of rotatable bonds is 4. The number of hydrogen-bond donors (Lipinski definition) is 1. The van der Waals surface area contributed by atoms with Crippen LogP contribution in [0.1, 0.15) is 37.7 Å². The highest BCUT2D eigenvalue weighted by molar-refractivity contribution is 5.38. The lowest BCUT2D eigenvalue weighted by molar-refractivity contribution is 0.262. The van der Waals surface area contributed by atoms with E-state index in [1.54, 1.807) is 6.26 Å². The van der Waals surface area contributed by atoms with Crippen molar-refractivity contribution < 1.29 is 9.15 Å². The summed E-state index contributed by atoms with van der Waals surface area (Å²) >= 11 is 0. The summed E-state index contributed by atoms with van der Waals surface area (Å²) in [5.74, 6) is 1.69. The fourth-order valence-corrected chi connectivity index (χ4v) is 2.03. The van der Waals surface area contributed by atoms with Crippen LogP contribution in [0, 0.1) is 0 Å². The third-order valence-corrected chi connectivity index (χ3v) is 3.11. The molecule has 0 fully saturated rings. The van der Waals surface area contributed by atoms with Gasteiger partial charge in [-0.1, -0.05) is 39.0 Å². The lowest BCUT2D eigenvalue weighted by Gasteiger charge is -2.22. The predicted octanol–water partition coefficient (Wildman–Crippen LogP) is 3.61. The molecule has 2 rings (SSSR count). The maximum absolute atomic E-state index is 5.90. The molecule has 0 unspecified atom stereocenters. The van der Waals surface area contributed by atoms with Crippen molar-refractivity contribution in [3.05, 3.63) is 53.5 Å². The van der Waals surface area contributed by atoms with Crippen LogP contribution in [-0.4, -0.2) is 0 Å². The van der Waals surface area contributed by atoms with E-state index in [4.69, 9.17) is 14.9 Å². The Morgan fingerprint density at radius 2 is 1.89 bits per heavy atom. The fourth-order valence-electron chi connectivity index (χ4n) is 2.03. The second-order valence-corrected chi connectivity index (χ2v) is 5.61. The first-order valence-corrected chi connectivity index (χ1v) is 6.50. The second-order valence-electron chi connectivity index (χ2n) is 5.61. The molecular weight excluding hydrogens is 238 g/mol. The summed E-state index contributed by atoms with van der Waals surface area (Å²) in [6.07, 6.45) is 1.65. The third kappa shape index (κ3) is 3.18. The summed E-state index contributed by atoms with van der Waals surface area (Å²) in [6, 6.07) is 9.99. The van der Waals surface area contributed by atoms with Crippen LogP contribution >= 0.6 is 0 Å². The molecule has 0 aliphatic rings. The minimum absolute atomic E-state index is 0.0520. The molecule has 2 aromatic rings. The lowest BCUT2D eigenvalue weighted by atomic mass is 9.86. The number of benzene rings is 1. The first kappa shape index (κ1) is 13.7. The number of nitrogens with two attached hydrogens (primary N) is 1. The zero-order valence-electron chi connectivity index (χ0n) is 11.8. The molecule has 0 aliphatic heterocycles. The van der Waals surface area contributed by atoms with Gasteiger partial charge in [0.1, 0.15) is 18.1 Å². The van der Waals surface area contributed by atoms with Gasteiger partial charge in [0.15, 0.2) is 0 Å². The molecular formula is C16H21NO2. The van der Waals surface area contributed by atoms with Crippen LogP contribution in [0.3, 0.4) is 0 Å². The number of ether oxygens (including phenoxy) is 1. The molecule has 19 heavy (non-hydrogen) atoms. The van der Waals surface area contributed by atoms with E-state index in [1.165, 1.54) is 5.56 Å². The third-order valence-electron chi connectivity index (χ3n) is 3.11. The quantitative estimate of drug-likeness (QED) is 0.912. The van der Waals surface area contributed by atoms with E-state index < -0.39 is 0 Å².